The van der Waals surface area contributed by atoms with E-state index in [9.17, 15) is 0 Å². The molecule has 0 saturated carbocycles. The van der Waals surface area contributed by atoms with Gasteiger partial charge in [-0.25, -0.2) is 4.98 Å². The van der Waals surface area contributed by atoms with Crippen LogP contribution >= 0.6 is 11.6 Å². The number of nitrogens with one attached hydrogen (secondary N) is 1. The lowest BCUT2D eigenvalue weighted by molar-refractivity contribution is 0.393. The number of aromatic amines is 1. The molecule has 0 bridgehead atoms. The maximum atomic E-state index is 6.11. The molecule has 0 radical (unpaired) electrons. The number of hydrogen-bond acceptors (Lipinski definition) is 4. The first-order valence-electron chi connectivity index (χ1n) is 7.59. The highest BCUT2D eigenvalue weighted by molar-refractivity contribution is 6.29. The Morgan fingerprint density at radius 3 is 2.62 bits per heavy atom. The first kappa shape index (κ1) is 14.9. The van der Waals surface area contributed by atoms with E-state index in [-0.39, 0.29) is 0 Å². The lowest BCUT2D eigenvalue weighted by Gasteiger charge is -2.09. The molecule has 1 aromatic carbocycles. The van der Waals surface area contributed by atoms with Crippen molar-refractivity contribution >= 4 is 22.6 Å². The first-order valence-corrected chi connectivity index (χ1v) is 7.97. The van der Waals surface area contributed by atoms with Crippen LogP contribution in [-0.4, -0.2) is 20.1 Å². The molecular formula is C18H15ClN4O. The zero-order valence-corrected chi connectivity index (χ0v) is 14.3. The number of fused-ring (bicyclic) bond motifs is 1. The van der Waals surface area contributed by atoms with Gasteiger partial charge in [0.2, 0.25) is 5.28 Å². The molecule has 120 valence electrons. The summed E-state index contributed by atoms with van der Waals surface area (Å²) < 4.78 is 5.32. The third kappa shape index (κ3) is 2.29. The second kappa shape index (κ2) is 5.46. The fourth-order valence-corrected chi connectivity index (χ4v) is 3.29. The average Bonchev–Trinajstić information content (AvgIpc) is 3.08. The van der Waals surface area contributed by atoms with E-state index in [1.165, 1.54) is 0 Å². The highest BCUT2D eigenvalue weighted by atomic mass is 35.5. The SMILES string of the molecule is Cc1ncccc1-c1cc(-c2c(C)noc2C)cc2[nH]c(Cl)nc12. The monoisotopic (exact) mass is 338 g/mol. The maximum absolute atomic E-state index is 6.11. The van der Waals surface area contributed by atoms with Gasteiger partial charge in [-0.2, -0.15) is 0 Å². The van der Waals surface area contributed by atoms with E-state index in [0.29, 0.717) is 5.28 Å². The molecule has 4 rings (SSSR count). The van der Waals surface area contributed by atoms with Crippen molar-refractivity contribution in [2.75, 3.05) is 0 Å². The minimum absolute atomic E-state index is 0.365. The second-order valence-electron chi connectivity index (χ2n) is 5.78. The van der Waals surface area contributed by atoms with Gasteiger partial charge in [-0.1, -0.05) is 11.2 Å². The van der Waals surface area contributed by atoms with E-state index in [1.54, 1.807) is 6.20 Å². The fourth-order valence-electron chi connectivity index (χ4n) is 3.10. The van der Waals surface area contributed by atoms with Crippen LogP contribution < -0.4 is 0 Å². The number of H-pyrrole nitrogens is 1. The fraction of sp³-hybridized carbons (Fsp3) is 0.167. The predicted octanol–water partition coefficient (Wildman–Crippen LogP) is 4.86. The van der Waals surface area contributed by atoms with Crippen LogP contribution in [0.4, 0.5) is 0 Å². The molecule has 0 fully saturated rings. The van der Waals surface area contributed by atoms with Crippen molar-refractivity contribution in [2.24, 2.45) is 0 Å². The maximum Gasteiger partial charge on any atom is 0.201 e. The number of aromatic nitrogens is 4. The van der Waals surface area contributed by atoms with E-state index in [1.807, 2.05) is 39.0 Å². The zero-order valence-electron chi connectivity index (χ0n) is 13.5. The van der Waals surface area contributed by atoms with Crippen LogP contribution in [-0.2, 0) is 0 Å². The first-order chi connectivity index (χ1) is 11.5. The van der Waals surface area contributed by atoms with Gasteiger partial charge >= 0.3 is 0 Å². The number of aryl methyl sites for hydroxylation is 3. The van der Waals surface area contributed by atoms with Crippen LogP contribution in [0, 0.1) is 20.8 Å². The summed E-state index contributed by atoms with van der Waals surface area (Å²) in [6.07, 6.45) is 1.78. The lowest BCUT2D eigenvalue weighted by atomic mass is 9.96. The second-order valence-corrected chi connectivity index (χ2v) is 6.14. The molecule has 3 heterocycles. The number of benzene rings is 1. The number of hydrogen-bond donors (Lipinski definition) is 1. The number of pyridine rings is 1. The normalized spacial score (nSPS) is 11.3. The molecule has 0 atom stereocenters. The third-order valence-electron chi connectivity index (χ3n) is 4.18. The molecule has 0 spiro atoms. The Hall–Kier alpha value is -2.66. The Kier molecular flexibility index (Phi) is 3.39. The summed E-state index contributed by atoms with van der Waals surface area (Å²) in [6.45, 7) is 5.83. The molecule has 0 saturated heterocycles. The highest BCUT2D eigenvalue weighted by Crippen LogP contribution is 2.36. The smallest absolute Gasteiger partial charge is 0.201 e. The summed E-state index contributed by atoms with van der Waals surface area (Å²) in [5.74, 6) is 0.784. The Labute approximate surface area is 143 Å². The topological polar surface area (TPSA) is 67.6 Å². The average molecular weight is 339 g/mol. The Morgan fingerprint density at radius 1 is 1.08 bits per heavy atom. The molecule has 5 nitrogen and oxygen atoms in total. The molecule has 24 heavy (non-hydrogen) atoms. The van der Waals surface area contributed by atoms with Crippen LogP contribution in [0.3, 0.4) is 0 Å². The quantitative estimate of drug-likeness (QED) is 0.566. The molecule has 0 aliphatic carbocycles. The van der Waals surface area contributed by atoms with Gasteiger partial charge in [0, 0.05) is 28.6 Å². The Balaban J connectivity index is 2.07. The number of imidazole rings is 1. The third-order valence-corrected chi connectivity index (χ3v) is 4.36. The largest absolute Gasteiger partial charge is 0.361 e. The van der Waals surface area contributed by atoms with Crippen molar-refractivity contribution in [1.82, 2.24) is 20.1 Å². The Morgan fingerprint density at radius 2 is 1.92 bits per heavy atom. The lowest BCUT2D eigenvalue weighted by Crippen LogP contribution is -1.90. The van der Waals surface area contributed by atoms with Crippen LogP contribution in [0.15, 0.2) is 35.0 Å². The van der Waals surface area contributed by atoms with Crippen LogP contribution in [0.2, 0.25) is 5.28 Å². The summed E-state index contributed by atoms with van der Waals surface area (Å²) in [5.41, 5.74) is 7.50. The molecular weight excluding hydrogens is 324 g/mol. The van der Waals surface area contributed by atoms with Crippen LogP contribution in [0.1, 0.15) is 17.1 Å². The van der Waals surface area contributed by atoms with Gasteiger partial charge < -0.3 is 9.51 Å². The molecule has 1 N–H and O–H groups in total. The minimum Gasteiger partial charge on any atom is -0.361 e. The van der Waals surface area contributed by atoms with Crippen LogP contribution in [0.25, 0.3) is 33.3 Å². The van der Waals surface area contributed by atoms with Gasteiger partial charge in [-0.15, -0.1) is 0 Å². The van der Waals surface area contributed by atoms with Crippen molar-refractivity contribution in [3.05, 3.63) is 52.9 Å². The van der Waals surface area contributed by atoms with E-state index < -0.39 is 0 Å². The standard InChI is InChI=1S/C18H15ClN4O/c1-9-13(5-4-6-20-9)14-7-12(16-10(2)23-24-11(16)3)8-15-17(14)22-18(19)21-15/h4-8H,1-3H3,(H,21,22). The van der Waals surface area contributed by atoms with E-state index in [0.717, 1.165) is 50.4 Å². The Bertz CT molecular complexity index is 1040. The predicted molar refractivity (Wildman–Crippen MR) is 94.0 cm³/mol. The molecule has 4 aromatic rings. The molecule has 0 unspecified atom stereocenters. The number of rotatable bonds is 2. The molecule has 0 amide bonds. The van der Waals surface area contributed by atoms with Crippen molar-refractivity contribution in [3.63, 3.8) is 0 Å². The van der Waals surface area contributed by atoms with Gasteiger partial charge in [0.1, 0.15) is 5.76 Å². The minimum atomic E-state index is 0.365. The number of nitrogens with zero attached hydrogens (tertiary/aromatic N) is 3. The summed E-state index contributed by atoms with van der Waals surface area (Å²) in [4.78, 5) is 11.9. The van der Waals surface area contributed by atoms with E-state index in [2.05, 4.69) is 26.2 Å². The van der Waals surface area contributed by atoms with Crippen molar-refractivity contribution in [1.29, 1.82) is 0 Å². The summed E-state index contributed by atoms with van der Waals surface area (Å²) in [7, 11) is 0. The van der Waals surface area contributed by atoms with Crippen molar-refractivity contribution in [3.8, 4) is 22.3 Å². The molecule has 0 aliphatic heterocycles. The van der Waals surface area contributed by atoms with Crippen LogP contribution in [0.5, 0.6) is 0 Å². The zero-order chi connectivity index (χ0) is 16.8. The highest BCUT2D eigenvalue weighted by Gasteiger charge is 2.17. The van der Waals surface area contributed by atoms with Crippen molar-refractivity contribution in [2.45, 2.75) is 20.8 Å². The molecule has 0 aliphatic rings. The summed E-state index contributed by atoms with van der Waals surface area (Å²) in [6, 6.07) is 8.08. The van der Waals surface area contributed by atoms with Gasteiger partial charge in [0.25, 0.3) is 0 Å². The van der Waals surface area contributed by atoms with Crippen molar-refractivity contribution < 1.29 is 4.52 Å². The summed E-state index contributed by atoms with van der Waals surface area (Å²) >= 11 is 6.11. The number of halogens is 1. The molecule has 6 heteroatoms. The van der Waals surface area contributed by atoms with Gasteiger partial charge in [-0.05, 0) is 56.1 Å². The van der Waals surface area contributed by atoms with E-state index in [4.69, 9.17) is 16.1 Å². The van der Waals surface area contributed by atoms with Gasteiger partial charge in [0.05, 0.1) is 16.7 Å². The molecule has 3 aromatic heterocycles. The summed E-state index contributed by atoms with van der Waals surface area (Å²) in [5, 5.41) is 4.42. The van der Waals surface area contributed by atoms with Gasteiger partial charge in [-0.3, -0.25) is 4.98 Å². The van der Waals surface area contributed by atoms with Gasteiger partial charge in [0.15, 0.2) is 0 Å². The van der Waals surface area contributed by atoms with E-state index >= 15 is 0 Å².